The van der Waals surface area contributed by atoms with Gasteiger partial charge in [-0.05, 0) is 17.7 Å². The average molecular weight is 405 g/mol. The van der Waals surface area contributed by atoms with E-state index in [1.807, 2.05) is 48.5 Å². The number of anilines is 1. The first-order valence-corrected chi connectivity index (χ1v) is 9.76. The standard InChI is InChI=1S/C22H23N5O3/c1-30-19-9-5-8-18(11-19)27-12-17(10-21(27)28)22(29)25-20(13-26-15-23-14-24-26)16-6-3-2-4-7-16/h2-9,11,14-15,17,20H,10,12-13H2,1H3,(H,25,29). The molecule has 2 amide bonds. The quantitative estimate of drug-likeness (QED) is 0.651. The van der Waals surface area contributed by atoms with Crippen molar-refractivity contribution in [2.75, 3.05) is 18.6 Å². The summed E-state index contributed by atoms with van der Waals surface area (Å²) >= 11 is 0. The third-order valence-electron chi connectivity index (χ3n) is 5.22. The number of amides is 2. The van der Waals surface area contributed by atoms with Crippen molar-refractivity contribution in [3.63, 3.8) is 0 Å². The molecular formula is C22H23N5O3. The van der Waals surface area contributed by atoms with Crippen molar-refractivity contribution in [3.8, 4) is 5.75 Å². The van der Waals surface area contributed by atoms with Gasteiger partial charge in [-0.25, -0.2) is 4.98 Å². The van der Waals surface area contributed by atoms with Crippen LogP contribution in [0.3, 0.4) is 0 Å². The molecule has 1 saturated heterocycles. The van der Waals surface area contributed by atoms with Crippen molar-refractivity contribution in [1.29, 1.82) is 0 Å². The fraction of sp³-hybridized carbons (Fsp3) is 0.273. The minimum Gasteiger partial charge on any atom is -0.497 e. The highest BCUT2D eigenvalue weighted by molar-refractivity contribution is 6.00. The van der Waals surface area contributed by atoms with Crippen molar-refractivity contribution >= 4 is 17.5 Å². The number of nitrogens with zero attached hydrogens (tertiary/aromatic N) is 4. The Labute approximate surface area is 174 Å². The Morgan fingerprint density at radius 3 is 2.80 bits per heavy atom. The molecule has 1 aromatic heterocycles. The zero-order valence-electron chi connectivity index (χ0n) is 16.6. The summed E-state index contributed by atoms with van der Waals surface area (Å²) in [6.45, 7) is 0.790. The highest BCUT2D eigenvalue weighted by Crippen LogP contribution is 2.28. The van der Waals surface area contributed by atoms with Crippen LogP contribution in [0.25, 0.3) is 0 Å². The second-order valence-corrected chi connectivity index (χ2v) is 7.20. The highest BCUT2D eigenvalue weighted by atomic mass is 16.5. The molecule has 8 nitrogen and oxygen atoms in total. The minimum atomic E-state index is -0.425. The zero-order valence-corrected chi connectivity index (χ0v) is 16.6. The first-order chi connectivity index (χ1) is 14.6. The van der Waals surface area contributed by atoms with Crippen LogP contribution in [0, 0.1) is 5.92 Å². The molecule has 0 saturated carbocycles. The Kier molecular flexibility index (Phi) is 5.74. The van der Waals surface area contributed by atoms with Crippen LogP contribution < -0.4 is 15.0 Å². The van der Waals surface area contributed by atoms with Gasteiger partial charge in [0, 0.05) is 24.7 Å². The van der Waals surface area contributed by atoms with Crippen LogP contribution in [0.4, 0.5) is 5.69 Å². The number of benzene rings is 2. The van der Waals surface area contributed by atoms with Crippen molar-refractivity contribution in [2.45, 2.75) is 19.0 Å². The Balaban J connectivity index is 1.48. The van der Waals surface area contributed by atoms with Crippen molar-refractivity contribution in [1.82, 2.24) is 20.1 Å². The Hall–Kier alpha value is -3.68. The Morgan fingerprint density at radius 1 is 1.23 bits per heavy atom. The smallest absolute Gasteiger partial charge is 0.227 e. The zero-order chi connectivity index (χ0) is 20.9. The molecule has 154 valence electrons. The third kappa shape index (κ3) is 4.32. The van der Waals surface area contributed by atoms with E-state index in [9.17, 15) is 9.59 Å². The number of hydrogen-bond donors (Lipinski definition) is 1. The first-order valence-electron chi connectivity index (χ1n) is 9.76. The summed E-state index contributed by atoms with van der Waals surface area (Å²) < 4.78 is 6.93. The van der Waals surface area contributed by atoms with Crippen molar-refractivity contribution < 1.29 is 14.3 Å². The van der Waals surface area contributed by atoms with E-state index in [1.54, 1.807) is 29.1 Å². The van der Waals surface area contributed by atoms with E-state index in [1.165, 1.54) is 6.33 Å². The van der Waals surface area contributed by atoms with Crippen LogP contribution in [0.15, 0.2) is 67.3 Å². The van der Waals surface area contributed by atoms with E-state index < -0.39 is 5.92 Å². The molecule has 2 aromatic carbocycles. The molecule has 1 fully saturated rings. The molecule has 0 aliphatic carbocycles. The van der Waals surface area contributed by atoms with Crippen LogP contribution in [0.5, 0.6) is 5.75 Å². The fourth-order valence-electron chi connectivity index (χ4n) is 3.63. The van der Waals surface area contributed by atoms with E-state index in [4.69, 9.17) is 4.74 Å². The second-order valence-electron chi connectivity index (χ2n) is 7.20. The van der Waals surface area contributed by atoms with Gasteiger partial charge in [0.2, 0.25) is 11.8 Å². The van der Waals surface area contributed by atoms with Gasteiger partial charge in [-0.3, -0.25) is 14.3 Å². The van der Waals surface area contributed by atoms with Crippen LogP contribution in [-0.2, 0) is 16.1 Å². The van der Waals surface area contributed by atoms with Gasteiger partial charge in [0.05, 0.1) is 25.6 Å². The van der Waals surface area contributed by atoms with Crippen molar-refractivity contribution in [3.05, 3.63) is 72.8 Å². The van der Waals surface area contributed by atoms with Crippen LogP contribution >= 0.6 is 0 Å². The van der Waals surface area contributed by atoms with E-state index >= 15 is 0 Å². The monoisotopic (exact) mass is 405 g/mol. The first kappa shape index (κ1) is 19.6. The van der Waals surface area contributed by atoms with Gasteiger partial charge >= 0.3 is 0 Å². The van der Waals surface area contributed by atoms with Crippen molar-refractivity contribution in [2.24, 2.45) is 5.92 Å². The largest absolute Gasteiger partial charge is 0.497 e. The summed E-state index contributed by atoms with van der Waals surface area (Å²) in [6.07, 6.45) is 3.26. The number of carbonyl (C=O) groups excluding carboxylic acids is 2. The van der Waals surface area contributed by atoms with Crippen LogP contribution in [-0.4, -0.2) is 40.2 Å². The lowest BCUT2D eigenvalue weighted by Crippen LogP contribution is -2.37. The lowest BCUT2D eigenvalue weighted by Gasteiger charge is -2.21. The summed E-state index contributed by atoms with van der Waals surface area (Å²) in [4.78, 5) is 31.2. The topological polar surface area (TPSA) is 89.3 Å². The number of ether oxygens (including phenoxy) is 1. The fourth-order valence-corrected chi connectivity index (χ4v) is 3.63. The van der Waals surface area contributed by atoms with E-state index in [2.05, 4.69) is 15.4 Å². The molecule has 4 rings (SSSR count). The molecule has 2 unspecified atom stereocenters. The molecule has 0 bridgehead atoms. The lowest BCUT2D eigenvalue weighted by molar-refractivity contribution is -0.127. The molecule has 2 heterocycles. The summed E-state index contributed by atoms with van der Waals surface area (Å²) in [5, 5.41) is 7.24. The van der Waals surface area contributed by atoms with E-state index in [-0.39, 0.29) is 24.3 Å². The minimum absolute atomic E-state index is 0.0732. The molecular weight excluding hydrogens is 382 g/mol. The van der Waals surface area contributed by atoms with Crippen LogP contribution in [0.2, 0.25) is 0 Å². The Morgan fingerprint density at radius 2 is 2.07 bits per heavy atom. The molecule has 30 heavy (non-hydrogen) atoms. The summed E-state index contributed by atoms with van der Waals surface area (Å²) in [5.74, 6) is 0.0227. The van der Waals surface area contributed by atoms with Gasteiger partial charge in [-0.2, -0.15) is 5.10 Å². The number of methoxy groups -OCH3 is 1. The molecule has 3 aromatic rings. The Bertz CT molecular complexity index is 1010. The van der Waals surface area contributed by atoms with E-state index in [0.29, 0.717) is 18.8 Å². The summed E-state index contributed by atoms with van der Waals surface area (Å²) in [7, 11) is 1.58. The molecule has 8 heteroatoms. The van der Waals surface area contributed by atoms with Gasteiger partial charge in [-0.15, -0.1) is 0 Å². The molecule has 0 spiro atoms. The maximum absolute atomic E-state index is 13.0. The summed E-state index contributed by atoms with van der Waals surface area (Å²) in [5.41, 5.74) is 1.70. The normalized spacial score (nSPS) is 17.0. The molecule has 0 radical (unpaired) electrons. The van der Waals surface area contributed by atoms with Crippen LogP contribution in [0.1, 0.15) is 18.0 Å². The predicted molar refractivity (Wildman–Crippen MR) is 111 cm³/mol. The van der Waals surface area contributed by atoms with Gasteiger partial charge in [0.15, 0.2) is 0 Å². The lowest BCUT2D eigenvalue weighted by atomic mass is 10.0. The van der Waals surface area contributed by atoms with Gasteiger partial charge in [0.25, 0.3) is 0 Å². The molecule has 1 N–H and O–H groups in total. The molecule has 2 atom stereocenters. The second kappa shape index (κ2) is 8.77. The average Bonchev–Trinajstić information content (AvgIpc) is 3.43. The number of hydrogen-bond acceptors (Lipinski definition) is 5. The summed E-state index contributed by atoms with van der Waals surface area (Å²) in [6, 6.07) is 16.7. The maximum atomic E-state index is 13.0. The molecule has 1 aliphatic heterocycles. The van der Waals surface area contributed by atoms with Gasteiger partial charge in [0.1, 0.15) is 18.4 Å². The number of aromatic nitrogens is 3. The van der Waals surface area contributed by atoms with E-state index in [0.717, 1.165) is 11.3 Å². The number of rotatable bonds is 7. The third-order valence-corrected chi connectivity index (χ3v) is 5.22. The molecule has 1 aliphatic rings. The predicted octanol–water partition coefficient (Wildman–Crippen LogP) is 2.20. The number of carbonyl (C=O) groups is 2. The maximum Gasteiger partial charge on any atom is 0.227 e. The van der Waals surface area contributed by atoms with Gasteiger partial charge in [-0.1, -0.05) is 36.4 Å². The highest BCUT2D eigenvalue weighted by Gasteiger charge is 2.36. The SMILES string of the molecule is COc1cccc(N2CC(C(=O)NC(Cn3cncn3)c3ccccc3)CC2=O)c1. The number of nitrogens with one attached hydrogen (secondary N) is 1. The van der Waals surface area contributed by atoms with Gasteiger partial charge < -0.3 is 15.0 Å².